The van der Waals surface area contributed by atoms with E-state index in [1.807, 2.05) is 30.3 Å². The van der Waals surface area contributed by atoms with Crippen molar-refractivity contribution < 1.29 is 55.6 Å². The maximum atomic E-state index is 13.3. The Morgan fingerprint density at radius 3 is 2.19 bits per heavy atom. The number of carboxylic acids is 2. The van der Waals surface area contributed by atoms with Crippen molar-refractivity contribution in [2.45, 2.75) is 50.4 Å². The molecule has 254 valence electrons. The van der Waals surface area contributed by atoms with Crippen LogP contribution in [0.3, 0.4) is 0 Å². The van der Waals surface area contributed by atoms with Crippen molar-refractivity contribution in [3.8, 4) is 22.6 Å². The van der Waals surface area contributed by atoms with Gasteiger partial charge in [-0.15, -0.1) is 0 Å². The molecule has 5 rings (SSSR count). The molecule has 2 fully saturated rings. The van der Waals surface area contributed by atoms with Gasteiger partial charge in [0.1, 0.15) is 17.2 Å². The van der Waals surface area contributed by atoms with Gasteiger partial charge < -0.3 is 24.6 Å². The van der Waals surface area contributed by atoms with Crippen LogP contribution in [-0.4, -0.2) is 60.1 Å². The van der Waals surface area contributed by atoms with Crippen LogP contribution < -0.4 is 14.4 Å². The summed E-state index contributed by atoms with van der Waals surface area (Å²) in [5.41, 5.74) is 2.09. The molecule has 2 N–H and O–H groups in total. The van der Waals surface area contributed by atoms with Crippen molar-refractivity contribution in [1.29, 1.82) is 0 Å². The van der Waals surface area contributed by atoms with Gasteiger partial charge in [-0.3, -0.25) is 9.78 Å². The molecule has 0 radical (unpaired) electrons. The number of aliphatic carboxylic acids is 2. The van der Waals surface area contributed by atoms with E-state index in [0.717, 1.165) is 61.8 Å². The SMILES string of the molecule is COc1ccc(-c2ccnc(C(F)(F)F)c2)c(N2CCC(COc3cccc(C(CC(=O)O)C4CC4)c3)CC2)c1.O=C(O)C(F)(F)F. The highest BCUT2D eigenvalue weighted by Gasteiger charge is 2.38. The molecule has 0 spiro atoms. The maximum absolute atomic E-state index is 13.3. The number of aromatic nitrogens is 1. The number of halogens is 6. The second kappa shape index (κ2) is 14.9. The molecular weight excluding hydrogens is 634 g/mol. The Labute approximate surface area is 266 Å². The zero-order valence-corrected chi connectivity index (χ0v) is 25.4. The minimum Gasteiger partial charge on any atom is -0.497 e. The Morgan fingerprint density at radius 2 is 1.62 bits per heavy atom. The number of nitrogens with zero attached hydrogens (tertiary/aromatic N) is 2. The van der Waals surface area contributed by atoms with Gasteiger partial charge >= 0.3 is 24.3 Å². The van der Waals surface area contributed by atoms with Crippen LogP contribution in [-0.2, 0) is 15.8 Å². The standard InChI is InChI=1S/C31H33F3N2O4.C2HF3O2/c1-39-24-7-8-26(23-9-12-35-29(16-23)31(32,33)34)28(17-24)36-13-10-20(11-14-36)19-40-25-4-2-3-22(15-25)27(18-30(37)38)21-5-6-21;3-2(4,5)1(6)7/h2-4,7-9,12,15-17,20-21,27H,5-6,10-11,13-14,18-19H2,1H3,(H,37,38);(H,6,7). The predicted molar refractivity (Wildman–Crippen MR) is 160 cm³/mol. The van der Waals surface area contributed by atoms with Crippen LogP contribution in [0.25, 0.3) is 11.1 Å². The summed E-state index contributed by atoms with van der Waals surface area (Å²) in [6, 6.07) is 15.9. The number of methoxy groups -OCH3 is 1. The van der Waals surface area contributed by atoms with E-state index in [2.05, 4.69) is 9.88 Å². The second-order valence-corrected chi connectivity index (χ2v) is 11.5. The molecule has 47 heavy (non-hydrogen) atoms. The molecule has 1 aliphatic heterocycles. The van der Waals surface area contributed by atoms with E-state index in [-0.39, 0.29) is 12.3 Å². The second-order valence-electron chi connectivity index (χ2n) is 11.5. The number of ether oxygens (including phenoxy) is 2. The van der Waals surface area contributed by atoms with Crippen LogP contribution in [0, 0.1) is 11.8 Å². The van der Waals surface area contributed by atoms with Crippen LogP contribution >= 0.6 is 0 Å². The lowest BCUT2D eigenvalue weighted by molar-refractivity contribution is -0.192. The Balaban J connectivity index is 0.000000644. The first-order chi connectivity index (χ1) is 22.2. The molecule has 1 aliphatic carbocycles. The molecule has 1 unspecified atom stereocenters. The monoisotopic (exact) mass is 668 g/mol. The summed E-state index contributed by atoms with van der Waals surface area (Å²) in [6.45, 7) is 2.01. The number of alkyl halides is 6. The summed E-state index contributed by atoms with van der Waals surface area (Å²) >= 11 is 0. The summed E-state index contributed by atoms with van der Waals surface area (Å²) < 4.78 is 83.3. The van der Waals surface area contributed by atoms with Gasteiger partial charge in [-0.05, 0) is 91.0 Å². The number of benzene rings is 2. The molecule has 0 amide bonds. The van der Waals surface area contributed by atoms with Crippen molar-refractivity contribution in [1.82, 2.24) is 4.98 Å². The van der Waals surface area contributed by atoms with Gasteiger partial charge in [-0.1, -0.05) is 12.1 Å². The summed E-state index contributed by atoms with van der Waals surface area (Å²) in [5.74, 6) is -1.36. The maximum Gasteiger partial charge on any atom is 0.490 e. The number of rotatable bonds is 10. The van der Waals surface area contributed by atoms with Gasteiger partial charge in [-0.25, -0.2) is 4.79 Å². The van der Waals surface area contributed by atoms with Gasteiger partial charge in [0.05, 0.1) is 20.1 Å². The molecule has 14 heteroatoms. The van der Waals surface area contributed by atoms with Crippen molar-refractivity contribution >= 4 is 17.6 Å². The van der Waals surface area contributed by atoms with Crippen LogP contribution in [0.2, 0.25) is 0 Å². The topological polar surface area (TPSA) is 109 Å². The number of anilines is 1. The molecule has 2 aromatic carbocycles. The van der Waals surface area contributed by atoms with E-state index in [1.165, 1.54) is 6.20 Å². The van der Waals surface area contributed by atoms with Crippen LogP contribution in [0.4, 0.5) is 32.0 Å². The summed E-state index contributed by atoms with van der Waals surface area (Å²) in [5, 5.41) is 16.5. The van der Waals surface area contributed by atoms with Gasteiger partial charge in [-0.2, -0.15) is 26.3 Å². The molecule has 3 aromatic rings. The average molecular weight is 669 g/mol. The molecule has 1 aromatic heterocycles. The first kappa shape index (κ1) is 35.4. The van der Waals surface area contributed by atoms with Crippen molar-refractivity contribution in [2.75, 3.05) is 31.7 Å². The zero-order valence-electron chi connectivity index (χ0n) is 25.4. The van der Waals surface area contributed by atoms with E-state index < -0.39 is 30.0 Å². The Bertz CT molecular complexity index is 1530. The van der Waals surface area contributed by atoms with E-state index in [0.29, 0.717) is 35.3 Å². The Kier molecular flexibility index (Phi) is 11.2. The van der Waals surface area contributed by atoms with Gasteiger partial charge in [0.2, 0.25) is 0 Å². The normalized spacial score (nSPS) is 16.1. The van der Waals surface area contributed by atoms with E-state index in [9.17, 15) is 36.2 Å². The lowest BCUT2D eigenvalue weighted by Crippen LogP contribution is -2.35. The number of hydrogen-bond donors (Lipinski definition) is 2. The quantitative estimate of drug-likeness (QED) is 0.212. The lowest BCUT2D eigenvalue weighted by Gasteiger charge is -2.35. The van der Waals surface area contributed by atoms with Crippen molar-refractivity contribution in [2.24, 2.45) is 11.8 Å². The minimum atomic E-state index is -5.08. The third kappa shape index (κ3) is 10.00. The first-order valence-corrected chi connectivity index (χ1v) is 14.9. The molecule has 2 aliphatic rings. The third-order valence-electron chi connectivity index (χ3n) is 8.12. The summed E-state index contributed by atoms with van der Waals surface area (Å²) in [4.78, 5) is 26.0. The van der Waals surface area contributed by atoms with Crippen LogP contribution in [0.1, 0.15) is 49.3 Å². The van der Waals surface area contributed by atoms with Gasteiger partial charge in [0.15, 0.2) is 0 Å². The molecule has 8 nitrogen and oxygen atoms in total. The molecule has 1 saturated carbocycles. The van der Waals surface area contributed by atoms with E-state index in [4.69, 9.17) is 19.4 Å². The molecular formula is C33H34F6N2O6. The molecule has 2 heterocycles. The molecule has 0 bridgehead atoms. The number of hydrogen-bond acceptors (Lipinski definition) is 6. The third-order valence-corrected chi connectivity index (χ3v) is 8.12. The zero-order chi connectivity index (χ0) is 34.4. The molecule has 1 saturated heterocycles. The fourth-order valence-electron chi connectivity index (χ4n) is 5.53. The number of carboxylic acid groups (broad SMARTS) is 2. The first-order valence-electron chi connectivity index (χ1n) is 14.9. The van der Waals surface area contributed by atoms with Crippen molar-refractivity contribution in [3.63, 3.8) is 0 Å². The minimum absolute atomic E-state index is 0.0222. The number of piperidine rings is 1. The summed E-state index contributed by atoms with van der Waals surface area (Å²) in [7, 11) is 1.57. The Morgan fingerprint density at radius 1 is 0.936 bits per heavy atom. The fourth-order valence-corrected chi connectivity index (χ4v) is 5.53. The van der Waals surface area contributed by atoms with Gasteiger partial charge in [0, 0.05) is 36.6 Å². The van der Waals surface area contributed by atoms with E-state index in [1.54, 1.807) is 25.3 Å². The highest BCUT2D eigenvalue weighted by molar-refractivity contribution is 5.80. The lowest BCUT2D eigenvalue weighted by atomic mass is 9.91. The predicted octanol–water partition coefficient (Wildman–Crippen LogP) is 7.67. The largest absolute Gasteiger partial charge is 0.497 e. The van der Waals surface area contributed by atoms with Crippen LogP contribution in [0.15, 0.2) is 60.8 Å². The van der Waals surface area contributed by atoms with Crippen LogP contribution in [0.5, 0.6) is 11.5 Å². The number of pyridine rings is 1. The van der Waals surface area contributed by atoms with Crippen molar-refractivity contribution in [3.05, 3.63) is 72.1 Å². The highest BCUT2D eigenvalue weighted by Crippen LogP contribution is 2.45. The fraction of sp³-hybridized carbons (Fsp3) is 0.424. The molecule has 1 atom stereocenters. The number of carbonyl (C=O) groups is 2. The van der Waals surface area contributed by atoms with Gasteiger partial charge in [0.25, 0.3) is 0 Å². The average Bonchev–Trinajstić information content (AvgIpc) is 3.88. The smallest absolute Gasteiger partial charge is 0.490 e. The Hall–Kier alpha value is -4.49. The summed E-state index contributed by atoms with van der Waals surface area (Å²) in [6.07, 6.45) is -4.40. The van der Waals surface area contributed by atoms with E-state index >= 15 is 0 Å². The highest BCUT2D eigenvalue weighted by atomic mass is 19.4.